The Balaban J connectivity index is 0.00000220. The predicted molar refractivity (Wildman–Crippen MR) is 147 cm³/mol. The number of H-pyrrole nitrogens is 1. The number of carboxylic acid groups (broad SMARTS) is 1. The number of nitrogens with zero attached hydrogens (tertiary/aromatic N) is 3. The average molecular weight is 577 g/mol. The fourth-order valence-corrected chi connectivity index (χ4v) is 4.75. The molecule has 2 heterocycles. The molecular formula is C29H27ClN4Na2O4. The Hall–Kier alpha value is -2.43. The monoisotopic (exact) mass is 576 g/mol. The number of benzene rings is 3. The number of hydrogen-bond acceptors (Lipinski definition) is 5. The maximum absolute atomic E-state index is 12.5. The molecule has 2 N–H and O–H groups in total. The number of carbonyl (C=O) groups is 1. The van der Waals surface area contributed by atoms with Gasteiger partial charge in [0.1, 0.15) is 0 Å². The number of aromatic amines is 1. The quantitative estimate of drug-likeness (QED) is 0.246. The molecule has 5 rings (SSSR count). The zero-order valence-electron chi connectivity index (χ0n) is 24.6. The fourth-order valence-electron chi connectivity index (χ4n) is 4.54. The molecule has 0 atom stereocenters. The van der Waals surface area contributed by atoms with Crippen molar-refractivity contribution < 1.29 is 76.4 Å². The Kier molecular flexibility index (Phi) is 11.6. The Morgan fingerprint density at radius 1 is 1.02 bits per heavy atom. The third-order valence-corrected chi connectivity index (χ3v) is 6.71. The van der Waals surface area contributed by atoms with E-state index in [2.05, 4.69) is 21.6 Å². The third-order valence-electron chi connectivity index (χ3n) is 6.39. The van der Waals surface area contributed by atoms with E-state index in [0.29, 0.717) is 34.9 Å². The molecule has 0 unspecified atom stereocenters. The molecule has 0 bridgehead atoms. The van der Waals surface area contributed by atoms with Gasteiger partial charge in [0.2, 0.25) is 0 Å². The summed E-state index contributed by atoms with van der Waals surface area (Å²) in [6.45, 7) is 2.09. The number of hydrogen-bond donors (Lipinski definition) is 2. The second kappa shape index (κ2) is 14.5. The van der Waals surface area contributed by atoms with E-state index in [-0.39, 0.29) is 67.7 Å². The number of unbranched alkanes of at least 4 members (excludes halogenated alkanes) is 1. The summed E-state index contributed by atoms with van der Waals surface area (Å²) in [6.07, 6.45) is 2.94. The van der Waals surface area contributed by atoms with E-state index >= 15 is 0 Å². The summed E-state index contributed by atoms with van der Waals surface area (Å²) in [5, 5.41) is 19.2. The second-order valence-corrected chi connectivity index (χ2v) is 9.32. The van der Waals surface area contributed by atoms with Gasteiger partial charge < -0.3 is 7.96 Å². The fraction of sp³-hybridized carbons (Fsp3) is 0.172. The van der Waals surface area contributed by atoms with Crippen molar-refractivity contribution in [1.29, 1.82) is 0 Å². The van der Waals surface area contributed by atoms with Crippen LogP contribution in [0.2, 0.25) is 5.02 Å². The molecule has 2 aromatic heterocycles. The van der Waals surface area contributed by atoms with Gasteiger partial charge in [0.15, 0.2) is 11.5 Å². The molecule has 196 valence electrons. The van der Waals surface area contributed by atoms with Crippen LogP contribution >= 0.6 is 11.6 Å². The van der Waals surface area contributed by atoms with Crippen LogP contribution in [-0.4, -0.2) is 31.0 Å². The van der Waals surface area contributed by atoms with Crippen molar-refractivity contribution in [3.05, 3.63) is 111 Å². The second-order valence-electron chi connectivity index (χ2n) is 8.91. The van der Waals surface area contributed by atoms with Gasteiger partial charge in [-0.25, -0.2) is 14.3 Å². The molecule has 5 aromatic rings. The molecule has 3 aromatic carbocycles. The Labute approximate surface area is 283 Å². The van der Waals surface area contributed by atoms with Gasteiger partial charge in [-0.2, -0.15) is 5.10 Å². The van der Waals surface area contributed by atoms with Crippen LogP contribution in [0.1, 0.15) is 49.9 Å². The van der Waals surface area contributed by atoms with Crippen molar-refractivity contribution in [3.8, 4) is 28.2 Å². The molecule has 0 amide bonds. The molecule has 0 saturated heterocycles. The number of aryl methyl sites for hydroxylation is 1. The zero-order valence-corrected chi connectivity index (χ0v) is 27.4. The Morgan fingerprint density at radius 3 is 2.33 bits per heavy atom. The van der Waals surface area contributed by atoms with Crippen LogP contribution in [0.15, 0.2) is 82.1 Å². The number of aromatic carboxylic acids is 1. The first-order valence-corrected chi connectivity index (χ1v) is 12.7. The van der Waals surface area contributed by atoms with Crippen LogP contribution in [0.4, 0.5) is 0 Å². The van der Waals surface area contributed by atoms with Gasteiger partial charge in [-0.05, 0) is 41.7 Å². The smallest absolute Gasteiger partial charge is 1.00 e. The van der Waals surface area contributed by atoms with Crippen LogP contribution in [0.5, 0.6) is 0 Å². The van der Waals surface area contributed by atoms with E-state index in [1.165, 1.54) is 4.68 Å². The first-order chi connectivity index (χ1) is 18.5. The molecule has 8 nitrogen and oxygen atoms in total. The van der Waals surface area contributed by atoms with Gasteiger partial charge in [0, 0.05) is 17.5 Å². The maximum atomic E-state index is 12.5. The van der Waals surface area contributed by atoms with E-state index in [0.717, 1.165) is 40.8 Å². The van der Waals surface area contributed by atoms with Crippen molar-refractivity contribution in [3.63, 3.8) is 0 Å². The molecule has 0 fully saturated rings. The minimum atomic E-state index is -1.05. The van der Waals surface area contributed by atoms with Crippen LogP contribution in [0, 0.1) is 0 Å². The number of aromatic nitrogens is 4. The minimum absolute atomic E-state index is 0. The maximum Gasteiger partial charge on any atom is 1.00 e. The number of rotatable bonds is 9. The minimum Gasteiger partial charge on any atom is -1.00 e. The first-order valence-electron chi connectivity index (χ1n) is 12.3. The molecule has 0 aliphatic heterocycles. The van der Waals surface area contributed by atoms with Gasteiger partial charge in [0.25, 0.3) is 0 Å². The number of nitrogens with one attached hydrogen (secondary N) is 1. The van der Waals surface area contributed by atoms with Crippen LogP contribution in [0.25, 0.3) is 28.2 Å². The van der Waals surface area contributed by atoms with Gasteiger partial charge in [-0.1, -0.05) is 90.8 Å². The molecule has 0 aliphatic carbocycles. The molecule has 11 heteroatoms. The van der Waals surface area contributed by atoms with E-state index in [9.17, 15) is 14.7 Å². The summed E-state index contributed by atoms with van der Waals surface area (Å²) < 4.78 is 6.13. The molecule has 40 heavy (non-hydrogen) atoms. The van der Waals surface area contributed by atoms with Crippen molar-refractivity contribution >= 4 is 17.6 Å². The van der Waals surface area contributed by atoms with E-state index in [1.807, 2.05) is 54.6 Å². The van der Waals surface area contributed by atoms with Gasteiger partial charge in [-0.3, -0.25) is 9.51 Å². The van der Waals surface area contributed by atoms with Gasteiger partial charge in [0.05, 0.1) is 16.4 Å². The number of halogens is 1. The largest absolute Gasteiger partial charge is 1.00 e. The summed E-state index contributed by atoms with van der Waals surface area (Å²) in [7, 11) is 0. The normalized spacial score (nSPS) is 10.6. The third kappa shape index (κ3) is 6.89. The summed E-state index contributed by atoms with van der Waals surface area (Å²) in [6, 6.07) is 22.6. The Bertz CT molecular complexity index is 1670. The topological polar surface area (TPSA) is 114 Å². The van der Waals surface area contributed by atoms with E-state index in [4.69, 9.17) is 16.7 Å². The van der Waals surface area contributed by atoms with Gasteiger partial charge in [-0.15, -0.1) is 0 Å². The van der Waals surface area contributed by atoms with Crippen LogP contribution < -0.4 is 64.9 Å². The van der Waals surface area contributed by atoms with Gasteiger partial charge >= 0.3 is 70.8 Å². The van der Waals surface area contributed by atoms with E-state index < -0.39 is 11.7 Å². The van der Waals surface area contributed by atoms with Crippen LogP contribution in [0.3, 0.4) is 0 Å². The molecule has 0 saturated carbocycles. The van der Waals surface area contributed by atoms with Crippen LogP contribution in [-0.2, 0) is 12.8 Å². The zero-order chi connectivity index (χ0) is 26.6. The van der Waals surface area contributed by atoms with E-state index in [1.54, 1.807) is 18.2 Å². The van der Waals surface area contributed by atoms with Crippen molar-refractivity contribution in [1.82, 2.24) is 19.9 Å². The van der Waals surface area contributed by atoms with Crippen molar-refractivity contribution in [2.24, 2.45) is 0 Å². The summed E-state index contributed by atoms with van der Waals surface area (Å²) in [5.74, 6) is -1.31. The summed E-state index contributed by atoms with van der Waals surface area (Å²) in [5.41, 5.74) is 5.58. The molecule has 0 radical (unpaired) electrons. The first kappa shape index (κ1) is 32.1. The number of carboxylic acids is 1. The summed E-state index contributed by atoms with van der Waals surface area (Å²) >= 11 is 6.41. The Morgan fingerprint density at radius 2 is 1.70 bits per heavy atom. The van der Waals surface area contributed by atoms with Crippen molar-refractivity contribution in [2.75, 3.05) is 0 Å². The number of para-hydroxylation sites is 1. The molecule has 0 aliphatic rings. The SMILES string of the molecule is CCCCc1nn(-c2ccccc2Cl)c(C(=O)O)c1Cc1ccc(-c2ccccc2-c2noc(=O)[nH]2)cc1.[H-].[H-].[Na+].[Na+]. The standard InChI is InChI=1S/C29H25ClN4O4.2Na.2H/c1-2-3-11-24-22(26(28(35)36)34(32-24)25-12-7-6-10-23(25)30)17-18-13-15-19(16-14-18)20-8-4-5-9-21(20)27-31-29(37)38-33-27;;;;/h4-10,12-16H,2-3,11,17H2,1H3,(H,35,36)(H,31,33,37);;;;/q;2*+1;2*-1. The predicted octanol–water partition coefficient (Wildman–Crippen LogP) is 0.401. The van der Waals surface area contributed by atoms with Crippen molar-refractivity contribution in [2.45, 2.75) is 32.6 Å². The average Bonchev–Trinajstić information content (AvgIpc) is 3.51. The molecule has 0 spiro atoms. The summed E-state index contributed by atoms with van der Waals surface area (Å²) in [4.78, 5) is 26.5. The molecular weight excluding hydrogens is 550 g/mol.